The van der Waals surface area contributed by atoms with Crippen molar-refractivity contribution >= 4 is 16.7 Å². The Bertz CT molecular complexity index is 950. The highest BCUT2D eigenvalue weighted by molar-refractivity contribution is 5.84. The Morgan fingerprint density at radius 2 is 1.87 bits per heavy atom. The van der Waals surface area contributed by atoms with E-state index in [4.69, 9.17) is 5.11 Å². The average Bonchev–Trinajstić information content (AvgIpc) is 2.51. The molecule has 0 saturated heterocycles. The van der Waals surface area contributed by atoms with Crippen LogP contribution in [0, 0.1) is 5.82 Å². The molecule has 5 nitrogen and oxygen atoms in total. The minimum absolute atomic E-state index is 0.304. The van der Waals surface area contributed by atoms with E-state index in [0.717, 1.165) is 4.68 Å². The second-order valence-electron chi connectivity index (χ2n) is 5.16. The van der Waals surface area contributed by atoms with E-state index in [1.165, 1.54) is 12.1 Å². The maximum absolute atomic E-state index is 13.3. The Morgan fingerprint density at radius 1 is 1.13 bits per heavy atom. The van der Waals surface area contributed by atoms with Crippen molar-refractivity contribution in [3.05, 3.63) is 76.0 Å². The quantitative estimate of drug-likeness (QED) is 0.801. The zero-order valence-corrected chi connectivity index (χ0v) is 12.1. The van der Waals surface area contributed by atoms with Gasteiger partial charge < -0.3 is 5.11 Å². The standard InChI is InChI=1S/C17H13FN2O3/c18-12-5-3-4-11(8-12)9-15-13-6-1-2-7-14(13)17(23)20(19-15)10-16(21)22/h1-8H,9-10H2,(H,21,22). The lowest BCUT2D eigenvalue weighted by molar-refractivity contribution is -0.138. The molecule has 0 aliphatic rings. The summed E-state index contributed by atoms with van der Waals surface area (Å²) in [5.74, 6) is -1.50. The Balaban J connectivity index is 2.16. The molecule has 116 valence electrons. The molecular formula is C17H13FN2O3. The third kappa shape index (κ3) is 3.11. The van der Waals surface area contributed by atoms with E-state index in [2.05, 4.69) is 5.10 Å². The van der Waals surface area contributed by atoms with E-state index in [1.807, 2.05) is 0 Å². The second-order valence-corrected chi connectivity index (χ2v) is 5.16. The first-order valence-electron chi connectivity index (χ1n) is 6.99. The van der Waals surface area contributed by atoms with Gasteiger partial charge in [0.2, 0.25) is 0 Å². The summed E-state index contributed by atoms with van der Waals surface area (Å²) in [7, 11) is 0. The van der Waals surface area contributed by atoms with Crippen LogP contribution in [0.3, 0.4) is 0 Å². The number of nitrogens with zero attached hydrogens (tertiary/aromatic N) is 2. The predicted octanol–water partition coefficient (Wildman–Crippen LogP) is 2.21. The van der Waals surface area contributed by atoms with Gasteiger partial charge in [-0.2, -0.15) is 5.10 Å². The molecule has 0 atom stereocenters. The van der Waals surface area contributed by atoms with Gasteiger partial charge >= 0.3 is 5.97 Å². The van der Waals surface area contributed by atoms with Crippen molar-refractivity contribution in [1.82, 2.24) is 9.78 Å². The highest BCUT2D eigenvalue weighted by atomic mass is 19.1. The topological polar surface area (TPSA) is 72.2 Å². The lowest BCUT2D eigenvalue weighted by atomic mass is 10.0. The Morgan fingerprint density at radius 3 is 2.57 bits per heavy atom. The number of aliphatic carboxylic acids is 1. The fourth-order valence-electron chi connectivity index (χ4n) is 2.51. The monoisotopic (exact) mass is 312 g/mol. The van der Waals surface area contributed by atoms with Crippen molar-refractivity contribution in [2.75, 3.05) is 0 Å². The summed E-state index contributed by atoms with van der Waals surface area (Å²) in [4.78, 5) is 23.2. The van der Waals surface area contributed by atoms with E-state index in [9.17, 15) is 14.0 Å². The normalized spacial score (nSPS) is 10.8. The highest BCUT2D eigenvalue weighted by Gasteiger charge is 2.12. The molecule has 2 aromatic carbocycles. The van der Waals surface area contributed by atoms with Crippen LogP contribution < -0.4 is 5.56 Å². The van der Waals surface area contributed by atoms with Crippen LogP contribution in [-0.4, -0.2) is 20.9 Å². The van der Waals surface area contributed by atoms with Gasteiger partial charge in [-0.05, 0) is 23.8 Å². The largest absolute Gasteiger partial charge is 0.480 e. The number of carboxylic acids is 1. The third-order valence-corrected chi connectivity index (χ3v) is 3.49. The lowest BCUT2D eigenvalue weighted by Gasteiger charge is -2.10. The van der Waals surface area contributed by atoms with Crippen LogP contribution >= 0.6 is 0 Å². The van der Waals surface area contributed by atoms with Crippen LogP contribution in [0.15, 0.2) is 53.3 Å². The second kappa shape index (κ2) is 6.00. The van der Waals surface area contributed by atoms with Crippen LogP contribution in [0.4, 0.5) is 4.39 Å². The fourth-order valence-corrected chi connectivity index (χ4v) is 2.51. The molecule has 0 spiro atoms. The average molecular weight is 312 g/mol. The number of carbonyl (C=O) groups is 1. The van der Waals surface area contributed by atoms with Crippen molar-refractivity contribution < 1.29 is 14.3 Å². The molecule has 0 radical (unpaired) electrons. The molecular weight excluding hydrogens is 299 g/mol. The van der Waals surface area contributed by atoms with Crippen LogP contribution in [-0.2, 0) is 17.8 Å². The summed E-state index contributed by atoms with van der Waals surface area (Å²) in [6, 6.07) is 13.0. The number of hydrogen-bond donors (Lipinski definition) is 1. The van der Waals surface area contributed by atoms with Gasteiger partial charge in [-0.25, -0.2) is 9.07 Å². The van der Waals surface area contributed by atoms with Gasteiger partial charge in [-0.15, -0.1) is 0 Å². The number of rotatable bonds is 4. The summed E-state index contributed by atoms with van der Waals surface area (Å²) < 4.78 is 14.3. The summed E-state index contributed by atoms with van der Waals surface area (Å²) in [6.45, 7) is -0.514. The molecule has 3 aromatic rings. The molecule has 3 rings (SSSR count). The zero-order valence-electron chi connectivity index (χ0n) is 12.1. The smallest absolute Gasteiger partial charge is 0.325 e. The predicted molar refractivity (Wildman–Crippen MR) is 82.8 cm³/mol. The van der Waals surface area contributed by atoms with Gasteiger partial charge in [0, 0.05) is 11.8 Å². The van der Waals surface area contributed by atoms with E-state index in [0.29, 0.717) is 28.5 Å². The first-order valence-corrected chi connectivity index (χ1v) is 6.99. The van der Waals surface area contributed by atoms with Crippen LogP contribution in [0.25, 0.3) is 10.8 Å². The zero-order chi connectivity index (χ0) is 16.4. The van der Waals surface area contributed by atoms with E-state index < -0.39 is 18.1 Å². The van der Waals surface area contributed by atoms with Gasteiger partial charge in [0.15, 0.2) is 0 Å². The number of fused-ring (bicyclic) bond motifs is 1. The van der Waals surface area contributed by atoms with Gasteiger partial charge in [0.05, 0.1) is 11.1 Å². The number of benzene rings is 2. The number of carboxylic acid groups (broad SMARTS) is 1. The first kappa shape index (κ1) is 14.9. The molecule has 1 aromatic heterocycles. The van der Waals surface area contributed by atoms with Crippen LogP contribution in [0.1, 0.15) is 11.3 Å². The summed E-state index contributed by atoms with van der Waals surface area (Å²) >= 11 is 0. The van der Waals surface area contributed by atoms with E-state index in [1.54, 1.807) is 36.4 Å². The molecule has 0 bridgehead atoms. The van der Waals surface area contributed by atoms with Gasteiger partial charge in [0.25, 0.3) is 5.56 Å². The molecule has 6 heteroatoms. The molecule has 0 saturated carbocycles. The van der Waals surface area contributed by atoms with Crippen LogP contribution in [0.5, 0.6) is 0 Å². The highest BCUT2D eigenvalue weighted by Crippen LogP contribution is 2.17. The van der Waals surface area contributed by atoms with Crippen molar-refractivity contribution in [2.24, 2.45) is 0 Å². The summed E-state index contributed by atoms with van der Waals surface area (Å²) in [6.07, 6.45) is 0.304. The summed E-state index contributed by atoms with van der Waals surface area (Å²) in [5.41, 5.74) is 0.779. The number of hydrogen-bond acceptors (Lipinski definition) is 3. The minimum Gasteiger partial charge on any atom is -0.480 e. The van der Waals surface area contributed by atoms with Crippen molar-refractivity contribution in [3.8, 4) is 0 Å². The lowest BCUT2D eigenvalue weighted by Crippen LogP contribution is -2.28. The fraction of sp³-hybridized carbons (Fsp3) is 0.118. The maximum atomic E-state index is 13.3. The van der Waals surface area contributed by atoms with Gasteiger partial charge in [-0.1, -0.05) is 30.3 Å². The molecule has 23 heavy (non-hydrogen) atoms. The molecule has 0 aliphatic carbocycles. The van der Waals surface area contributed by atoms with Crippen molar-refractivity contribution in [1.29, 1.82) is 0 Å². The molecule has 0 aliphatic heterocycles. The minimum atomic E-state index is -1.15. The van der Waals surface area contributed by atoms with Gasteiger partial charge in [0.1, 0.15) is 12.4 Å². The Hall–Kier alpha value is -3.02. The van der Waals surface area contributed by atoms with E-state index >= 15 is 0 Å². The molecule has 1 heterocycles. The van der Waals surface area contributed by atoms with Crippen molar-refractivity contribution in [3.63, 3.8) is 0 Å². The molecule has 1 N–H and O–H groups in total. The Labute approximate surface area is 130 Å². The number of aromatic nitrogens is 2. The maximum Gasteiger partial charge on any atom is 0.325 e. The molecule has 0 fully saturated rings. The third-order valence-electron chi connectivity index (χ3n) is 3.49. The SMILES string of the molecule is O=C(O)Cn1nc(Cc2cccc(F)c2)c2ccccc2c1=O. The van der Waals surface area contributed by atoms with E-state index in [-0.39, 0.29) is 5.82 Å². The number of halogens is 1. The van der Waals surface area contributed by atoms with Crippen molar-refractivity contribution in [2.45, 2.75) is 13.0 Å². The molecule has 0 unspecified atom stereocenters. The summed E-state index contributed by atoms with van der Waals surface area (Å²) in [5, 5.41) is 14.1. The van der Waals surface area contributed by atoms with Gasteiger partial charge in [-0.3, -0.25) is 9.59 Å². The first-order chi connectivity index (χ1) is 11.0. The Kier molecular flexibility index (Phi) is 3.89. The molecule has 0 amide bonds. The van der Waals surface area contributed by atoms with Crippen LogP contribution in [0.2, 0.25) is 0 Å².